The van der Waals surface area contributed by atoms with E-state index in [4.69, 9.17) is 30.8 Å². The summed E-state index contributed by atoms with van der Waals surface area (Å²) in [6.07, 6.45) is 6.31. The standard InChI is InChI=1S/C20H25ClO4/c1-11-4-16(10-17(22-2)18(11)21)20(23-3)19(24-25-20)14-6-12-5-13(8-14)9-15(19)7-12/h4,10,12-15H,5-9H2,1-3H3. The van der Waals surface area contributed by atoms with Crippen LogP contribution in [0.25, 0.3) is 0 Å². The molecule has 1 spiro atoms. The largest absolute Gasteiger partial charge is 0.495 e. The van der Waals surface area contributed by atoms with Gasteiger partial charge in [0.1, 0.15) is 5.75 Å². The van der Waals surface area contributed by atoms with Crippen LogP contribution in [0.2, 0.25) is 5.02 Å². The molecule has 5 fully saturated rings. The second-order valence-corrected chi connectivity index (χ2v) is 8.77. The van der Waals surface area contributed by atoms with Gasteiger partial charge in [-0.2, -0.15) is 4.89 Å². The molecule has 25 heavy (non-hydrogen) atoms. The van der Waals surface area contributed by atoms with Crippen LogP contribution < -0.4 is 4.74 Å². The van der Waals surface area contributed by atoms with Crippen molar-refractivity contribution in [1.29, 1.82) is 0 Å². The minimum atomic E-state index is -0.863. The summed E-state index contributed by atoms with van der Waals surface area (Å²) in [5, 5.41) is 0.636. The zero-order valence-corrected chi connectivity index (χ0v) is 15.8. The molecule has 1 aromatic carbocycles. The molecule has 5 heteroatoms. The quantitative estimate of drug-likeness (QED) is 0.734. The van der Waals surface area contributed by atoms with Crippen LogP contribution in [0.3, 0.4) is 0 Å². The van der Waals surface area contributed by atoms with Crippen molar-refractivity contribution in [3.63, 3.8) is 0 Å². The summed E-state index contributed by atoms with van der Waals surface area (Å²) < 4.78 is 11.6. The Hall–Kier alpha value is -0.810. The molecule has 6 rings (SSSR count). The van der Waals surface area contributed by atoms with E-state index in [2.05, 4.69) is 6.07 Å². The van der Waals surface area contributed by atoms with Gasteiger partial charge < -0.3 is 9.47 Å². The van der Waals surface area contributed by atoms with Crippen molar-refractivity contribution in [2.45, 2.75) is 50.4 Å². The van der Waals surface area contributed by atoms with Gasteiger partial charge in [0.05, 0.1) is 12.1 Å². The van der Waals surface area contributed by atoms with Gasteiger partial charge in [-0.3, -0.25) is 0 Å². The fourth-order valence-corrected chi connectivity index (χ4v) is 6.62. The molecule has 1 unspecified atom stereocenters. The van der Waals surface area contributed by atoms with E-state index >= 15 is 0 Å². The van der Waals surface area contributed by atoms with Crippen LogP contribution in [0.15, 0.2) is 12.1 Å². The van der Waals surface area contributed by atoms with Crippen molar-refractivity contribution in [3.8, 4) is 5.75 Å². The molecule has 0 N–H and O–H groups in total. The molecule has 4 bridgehead atoms. The van der Waals surface area contributed by atoms with Gasteiger partial charge in [0, 0.05) is 12.7 Å². The van der Waals surface area contributed by atoms with Crippen molar-refractivity contribution in [3.05, 3.63) is 28.3 Å². The number of aryl methyl sites for hydroxylation is 1. The fraction of sp³-hybridized carbons (Fsp3) is 0.700. The van der Waals surface area contributed by atoms with Crippen molar-refractivity contribution >= 4 is 11.6 Å². The Bertz CT molecular complexity index is 686. The first kappa shape index (κ1) is 16.4. The van der Waals surface area contributed by atoms with E-state index < -0.39 is 5.79 Å². The molecule has 0 aromatic heterocycles. The third-order valence-electron chi connectivity index (χ3n) is 7.27. The molecule has 1 heterocycles. The van der Waals surface area contributed by atoms with Crippen molar-refractivity contribution in [2.75, 3.05) is 14.2 Å². The second-order valence-electron chi connectivity index (χ2n) is 8.39. The van der Waals surface area contributed by atoms with Gasteiger partial charge in [-0.1, -0.05) is 11.6 Å². The Labute approximate surface area is 153 Å². The highest BCUT2D eigenvalue weighted by molar-refractivity contribution is 6.32. The number of ether oxygens (including phenoxy) is 2. The lowest BCUT2D eigenvalue weighted by atomic mass is 9.47. The minimum absolute atomic E-state index is 0.375. The SMILES string of the molecule is COc1cc(C2(OC)OOC23C2CC4CC(C2)CC3C4)cc(C)c1Cl. The van der Waals surface area contributed by atoms with Crippen LogP contribution in [0.5, 0.6) is 5.75 Å². The number of rotatable bonds is 3. The molecule has 1 aliphatic heterocycles. The molecular formula is C20H25ClO4. The molecule has 4 saturated carbocycles. The summed E-state index contributed by atoms with van der Waals surface area (Å²) >= 11 is 6.38. The van der Waals surface area contributed by atoms with E-state index in [1.54, 1.807) is 14.2 Å². The zero-order chi connectivity index (χ0) is 17.4. The van der Waals surface area contributed by atoms with E-state index in [0.717, 1.165) is 23.0 Å². The lowest BCUT2D eigenvalue weighted by molar-refractivity contribution is -0.645. The molecule has 0 amide bonds. The lowest BCUT2D eigenvalue weighted by Crippen LogP contribution is -2.76. The van der Waals surface area contributed by atoms with Crippen molar-refractivity contribution in [1.82, 2.24) is 0 Å². The number of halogens is 1. The third kappa shape index (κ3) is 1.89. The normalized spacial score (nSPS) is 44.2. The molecule has 1 saturated heterocycles. The molecular weight excluding hydrogens is 340 g/mol. The van der Waals surface area contributed by atoms with Gasteiger partial charge in [-0.05, 0) is 80.4 Å². The second kappa shape index (κ2) is 5.35. The monoisotopic (exact) mass is 364 g/mol. The van der Waals surface area contributed by atoms with Gasteiger partial charge >= 0.3 is 0 Å². The maximum absolute atomic E-state index is 6.38. The van der Waals surface area contributed by atoms with E-state index in [0.29, 0.717) is 22.6 Å². The first-order valence-electron chi connectivity index (χ1n) is 9.30. The average molecular weight is 365 g/mol. The van der Waals surface area contributed by atoms with Gasteiger partial charge in [-0.15, -0.1) is 0 Å². The van der Waals surface area contributed by atoms with Gasteiger partial charge in [-0.25, -0.2) is 4.89 Å². The van der Waals surface area contributed by atoms with Gasteiger partial charge in [0.15, 0.2) is 5.60 Å². The number of hydrogen-bond donors (Lipinski definition) is 0. The Kier molecular flexibility index (Phi) is 3.50. The fourth-order valence-electron chi connectivity index (χ4n) is 6.43. The van der Waals surface area contributed by atoms with E-state index in [1.165, 1.54) is 32.1 Å². The Balaban J connectivity index is 1.63. The maximum atomic E-state index is 6.38. The first-order chi connectivity index (χ1) is 12.0. The first-order valence-corrected chi connectivity index (χ1v) is 9.68. The summed E-state index contributed by atoms with van der Waals surface area (Å²) in [6, 6.07) is 4.01. The van der Waals surface area contributed by atoms with E-state index in [9.17, 15) is 0 Å². The highest BCUT2D eigenvalue weighted by Crippen LogP contribution is 2.69. The summed E-state index contributed by atoms with van der Waals surface area (Å²) in [5.74, 6) is 2.50. The Morgan fingerprint density at radius 2 is 1.64 bits per heavy atom. The number of methoxy groups -OCH3 is 2. The zero-order valence-electron chi connectivity index (χ0n) is 15.0. The van der Waals surface area contributed by atoms with Crippen LogP contribution in [-0.2, 0) is 20.3 Å². The lowest BCUT2D eigenvalue weighted by Gasteiger charge is -2.68. The molecule has 4 nitrogen and oxygen atoms in total. The van der Waals surface area contributed by atoms with Crippen LogP contribution >= 0.6 is 11.6 Å². The van der Waals surface area contributed by atoms with E-state index in [1.807, 2.05) is 13.0 Å². The molecule has 136 valence electrons. The van der Waals surface area contributed by atoms with Crippen molar-refractivity contribution in [2.24, 2.45) is 23.7 Å². The predicted octanol–water partition coefficient (Wildman–Crippen LogP) is 4.61. The highest BCUT2D eigenvalue weighted by atomic mass is 35.5. The third-order valence-corrected chi connectivity index (χ3v) is 7.76. The summed E-state index contributed by atoms with van der Waals surface area (Å²) in [5.41, 5.74) is 1.54. The molecule has 1 aromatic rings. The van der Waals surface area contributed by atoms with Gasteiger partial charge in [0.25, 0.3) is 5.79 Å². The Morgan fingerprint density at radius 3 is 2.12 bits per heavy atom. The number of benzene rings is 1. The molecule has 0 radical (unpaired) electrons. The smallest absolute Gasteiger partial charge is 0.260 e. The summed E-state index contributed by atoms with van der Waals surface area (Å²) in [7, 11) is 3.37. The van der Waals surface area contributed by atoms with Crippen LogP contribution in [0, 0.1) is 30.6 Å². The summed E-state index contributed by atoms with van der Waals surface area (Å²) in [4.78, 5) is 11.8. The maximum Gasteiger partial charge on any atom is 0.260 e. The molecule has 4 aliphatic carbocycles. The average Bonchev–Trinajstić information content (AvgIpc) is 2.57. The van der Waals surface area contributed by atoms with Crippen LogP contribution in [0.4, 0.5) is 0 Å². The highest BCUT2D eigenvalue weighted by Gasteiger charge is 2.76. The number of hydrogen-bond acceptors (Lipinski definition) is 4. The summed E-state index contributed by atoms with van der Waals surface area (Å²) in [6.45, 7) is 1.99. The molecule has 5 aliphatic rings. The Morgan fingerprint density at radius 1 is 1.00 bits per heavy atom. The van der Waals surface area contributed by atoms with E-state index in [-0.39, 0.29) is 5.60 Å². The van der Waals surface area contributed by atoms with Gasteiger partial charge in [0.2, 0.25) is 0 Å². The topological polar surface area (TPSA) is 36.9 Å². The molecule has 1 atom stereocenters. The minimum Gasteiger partial charge on any atom is -0.495 e. The van der Waals surface area contributed by atoms with Crippen molar-refractivity contribution < 1.29 is 19.2 Å². The van der Waals surface area contributed by atoms with Crippen LogP contribution in [0.1, 0.15) is 43.2 Å². The van der Waals surface area contributed by atoms with Crippen LogP contribution in [-0.4, -0.2) is 19.8 Å². The predicted molar refractivity (Wildman–Crippen MR) is 93.4 cm³/mol.